The first-order valence-corrected chi connectivity index (χ1v) is 10.7. The van der Waals surface area contributed by atoms with E-state index < -0.39 is 5.91 Å². The number of ether oxygens (including phenoxy) is 1. The molecule has 4 aromatic rings. The van der Waals surface area contributed by atoms with Crippen molar-refractivity contribution in [2.24, 2.45) is 5.73 Å². The lowest BCUT2D eigenvalue weighted by Gasteiger charge is -2.14. The van der Waals surface area contributed by atoms with Gasteiger partial charge in [0.25, 0.3) is 11.5 Å². The van der Waals surface area contributed by atoms with Gasteiger partial charge in [-0.3, -0.25) is 14.2 Å². The molecule has 1 amide bonds. The molecule has 0 aliphatic carbocycles. The fourth-order valence-electron chi connectivity index (χ4n) is 3.73. The Morgan fingerprint density at radius 2 is 2.03 bits per heavy atom. The lowest BCUT2D eigenvalue weighted by atomic mass is 10.1. The van der Waals surface area contributed by atoms with Gasteiger partial charge in [0.2, 0.25) is 0 Å². The Hall–Kier alpha value is -3.96. The molecule has 0 fully saturated rings. The summed E-state index contributed by atoms with van der Waals surface area (Å²) in [7, 11) is 1.59. The number of primary amides is 1. The van der Waals surface area contributed by atoms with E-state index in [1.807, 2.05) is 30.3 Å². The minimum absolute atomic E-state index is 0.239. The van der Waals surface area contributed by atoms with Gasteiger partial charge in [0, 0.05) is 12.0 Å². The molecule has 8 heteroatoms. The standard InChI is InChI=1S/C24H20N4O3S/c1-14-20-23(32-21(14)22(26)29)27-19(11-17-8-3-4-9-18(17)31-2)28(24(20)30)13-16-7-5-6-15(10-16)12-25/h3-10H,11,13H2,1-2H3,(H2,26,29). The molecule has 0 radical (unpaired) electrons. The number of nitrogens with zero attached hydrogens (tertiary/aromatic N) is 3. The molecule has 4 rings (SSSR count). The summed E-state index contributed by atoms with van der Waals surface area (Å²) >= 11 is 1.13. The van der Waals surface area contributed by atoms with Gasteiger partial charge in [0.1, 0.15) is 16.4 Å². The van der Waals surface area contributed by atoms with E-state index in [4.69, 9.17) is 15.5 Å². The second-order valence-electron chi connectivity index (χ2n) is 7.32. The first-order valence-electron chi connectivity index (χ1n) is 9.86. The zero-order valence-electron chi connectivity index (χ0n) is 17.6. The minimum atomic E-state index is -0.579. The highest BCUT2D eigenvalue weighted by molar-refractivity contribution is 7.20. The number of benzene rings is 2. The topological polar surface area (TPSA) is 111 Å². The number of hydrogen-bond acceptors (Lipinski definition) is 6. The largest absolute Gasteiger partial charge is 0.496 e. The smallest absolute Gasteiger partial charge is 0.262 e. The SMILES string of the molecule is COc1ccccc1Cc1nc2sc(C(N)=O)c(C)c2c(=O)n1Cc1cccc(C#N)c1. The van der Waals surface area contributed by atoms with Crippen LogP contribution in [0.5, 0.6) is 5.75 Å². The molecule has 2 aromatic carbocycles. The number of carbonyl (C=O) groups excluding carboxylic acids is 1. The number of thiophene rings is 1. The molecule has 2 heterocycles. The number of rotatable bonds is 6. The molecular formula is C24H20N4O3S. The van der Waals surface area contributed by atoms with Crippen molar-refractivity contribution >= 4 is 27.5 Å². The van der Waals surface area contributed by atoms with Crippen molar-refractivity contribution in [2.45, 2.75) is 19.9 Å². The third kappa shape index (κ3) is 3.86. The third-order valence-electron chi connectivity index (χ3n) is 5.29. The summed E-state index contributed by atoms with van der Waals surface area (Å²) in [6, 6.07) is 16.8. The van der Waals surface area contributed by atoms with Crippen molar-refractivity contribution in [3.05, 3.63) is 91.8 Å². The summed E-state index contributed by atoms with van der Waals surface area (Å²) in [5.41, 5.74) is 8.00. The van der Waals surface area contributed by atoms with Crippen LogP contribution < -0.4 is 16.0 Å². The number of methoxy groups -OCH3 is 1. The van der Waals surface area contributed by atoms with Gasteiger partial charge in [0.05, 0.1) is 35.6 Å². The number of amides is 1. The Bertz CT molecular complexity index is 1450. The van der Waals surface area contributed by atoms with Gasteiger partial charge in [0.15, 0.2) is 0 Å². The number of aromatic nitrogens is 2. The van der Waals surface area contributed by atoms with Crippen LogP contribution >= 0.6 is 11.3 Å². The molecule has 0 spiro atoms. The average Bonchev–Trinajstić information content (AvgIpc) is 3.13. The van der Waals surface area contributed by atoms with E-state index in [-0.39, 0.29) is 12.1 Å². The van der Waals surface area contributed by atoms with Crippen molar-refractivity contribution in [3.8, 4) is 11.8 Å². The molecule has 160 valence electrons. The number of aryl methyl sites for hydroxylation is 1. The van der Waals surface area contributed by atoms with Crippen molar-refractivity contribution in [2.75, 3.05) is 7.11 Å². The van der Waals surface area contributed by atoms with Gasteiger partial charge in [-0.2, -0.15) is 5.26 Å². The van der Waals surface area contributed by atoms with Crippen molar-refractivity contribution in [1.82, 2.24) is 9.55 Å². The van der Waals surface area contributed by atoms with Crippen LogP contribution in [0.4, 0.5) is 0 Å². The Morgan fingerprint density at radius 3 is 2.75 bits per heavy atom. The molecular weight excluding hydrogens is 424 g/mol. The number of nitrogens with two attached hydrogens (primary N) is 1. The van der Waals surface area contributed by atoms with E-state index in [0.29, 0.717) is 44.2 Å². The summed E-state index contributed by atoms with van der Waals surface area (Å²) in [6.45, 7) is 1.95. The fourth-order valence-corrected chi connectivity index (χ4v) is 4.78. The maximum absolute atomic E-state index is 13.6. The second kappa shape index (κ2) is 8.65. The molecule has 0 bridgehead atoms. The summed E-state index contributed by atoms with van der Waals surface area (Å²) in [5, 5.41) is 9.63. The summed E-state index contributed by atoms with van der Waals surface area (Å²) in [6.07, 6.45) is 0.357. The van der Waals surface area contributed by atoms with Crippen LogP contribution in [-0.4, -0.2) is 22.6 Å². The summed E-state index contributed by atoms with van der Waals surface area (Å²) in [5.74, 6) is 0.649. The first-order chi connectivity index (χ1) is 15.4. The van der Waals surface area contributed by atoms with E-state index in [9.17, 15) is 14.9 Å². The van der Waals surface area contributed by atoms with Gasteiger partial charge in [-0.25, -0.2) is 4.98 Å². The first kappa shape index (κ1) is 21.3. The van der Waals surface area contributed by atoms with Crippen molar-refractivity contribution in [1.29, 1.82) is 5.26 Å². The molecule has 0 unspecified atom stereocenters. The van der Waals surface area contributed by atoms with Crippen LogP contribution in [0.15, 0.2) is 53.3 Å². The quantitative estimate of drug-likeness (QED) is 0.490. The Balaban J connectivity index is 1.93. The van der Waals surface area contributed by atoms with Crippen LogP contribution in [0.3, 0.4) is 0 Å². The number of hydrogen-bond donors (Lipinski definition) is 1. The highest BCUT2D eigenvalue weighted by atomic mass is 32.1. The molecule has 0 aliphatic heterocycles. The fraction of sp³-hybridized carbons (Fsp3) is 0.167. The molecule has 2 aromatic heterocycles. The number of fused-ring (bicyclic) bond motifs is 1. The van der Waals surface area contributed by atoms with Crippen LogP contribution in [0, 0.1) is 18.3 Å². The zero-order chi connectivity index (χ0) is 22.8. The Labute approximate surface area is 188 Å². The predicted octanol–water partition coefficient (Wildman–Crippen LogP) is 3.38. The average molecular weight is 445 g/mol. The third-order valence-corrected chi connectivity index (χ3v) is 6.49. The van der Waals surface area contributed by atoms with Crippen molar-refractivity contribution in [3.63, 3.8) is 0 Å². The van der Waals surface area contributed by atoms with Gasteiger partial charge in [-0.05, 0) is 36.2 Å². The summed E-state index contributed by atoms with van der Waals surface area (Å²) in [4.78, 5) is 31.0. The number of carbonyl (C=O) groups is 1. The second-order valence-corrected chi connectivity index (χ2v) is 8.32. The van der Waals surface area contributed by atoms with Crippen LogP contribution in [0.2, 0.25) is 0 Å². The maximum atomic E-state index is 13.6. The van der Waals surface area contributed by atoms with Gasteiger partial charge in [-0.1, -0.05) is 30.3 Å². The molecule has 0 aliphatic rings. The van der Waals surface area contributed by atoms with E-state index >= 15 is 0 Å². The Morgan fingerprint density at radius 1 is 1.25 bits per heavy atom. The zero-order valence-corrected chi connectivity index (χ0v) is 18.4. The van der Waals surface area contributed by atoms with Gasteiger partial charge >= 0.3 is 0 Å². The monoisotopic (exact) mass is 444 g/mol. The van der Waals surface area contributed by atoms with E-state index in [1.54, 1.807) is 36.8 Å². The summed E-state index contributed by atoms with van der Waals surface area (Å²) < 4.78 is 7.06. The number of nitriles is 1. The van der Waals surface area contributed by atoms with Crippen molar-refractivity contribution < 1.29 is 9.53 Å². The normalized spacial score (nSPS) is 10.8. The highest BCUT2D eigenvalue weighted by Gasteiger charge is 2.21. The lowest BCUT2D eigenvalue weighted by molar-refractivity contribution is 0.100. The molecule has 0 atom stereocenters. The highest BCUT2D eigenvalue weighted by Crippen LogP contribution is 2.28. The minimum Gasteiger partial charge on any atom is -0.496 e. The Kier molecular flexibility index (Phi) is 5.75. The van der Waals surface area contributed by atoms with Crippen LogP contribution in [0.1, 0.15) is 37.7 Å². The predicted molar refractivity (Wildman–Crippen MR) is 123 cm³/mol. The lowest BCUT2D eigenvalue weighted by Crippen LogP contribution is -2.26. The van der Waals surface area contributed by atoms with E-state index in [1.165, 1.54) is 0 Å². The van der Waals surface area contributed by atoms with Crippen LogP contribution in [0.25, 0.3) is 10.2 Å². The molecule has 0 saturated carbocycles. The molecule has 0 saturated heterocycles. The molecule has 7 nitrogen and oxygen atoms in total. The molecule has 32 heavy (non-hydrogen) atoms. The molecule has 2 N–H and O–H groups in total. The van der Waals surface area contributed by atoms with Crippen LogP contribution in [-0.2, 0) is 13.0 Å². The maximum Gasteiger partial charge on any atom is 0.262 e. The van der Waals surface area contributed by atoms with Gasteiger partial charge < -0.3 is 10.5 Å². The van der Waals surface area contributed by atoms with Gasteiger partial charge in [-0.15, -0.1) is 11.3 Å². The number of para-hydroxylation sites is 1. The van der Waals surface area contributed by atoms with E-state index in [2.05, 4.69) is 6.07 Å². The van der Waals surface area contributed by atoms with E-state index in [0.717, 1.165) is 22.5 Å².